The van der Waals surface area contributed by atoms with E-state index in [9.17, 15) is 17.6 Å². The molecule has 0 amide bonds. The molecular weight excluding hydrogens is 297 g/mol. The van der Waals surface area contributed by atoms with Gasteiger partial charge in [0, 0.05) is 5.02 Å². The fourth-order valence-corrected chi connectivity index (χ4v) is 2.75. The summed E-state index contributed by atoms with van der Waals surface area (Å²) in [7, 11) is -2.59. The van der Waals surface area contributed by atoms with Crippen LogP contribution in [0.2, 0.25) is 5.02 Å². The molecular formula is C11H13ClFNO4S. The highest BCUT2D eigenvalue weighted by atomic mass is 35.5. The van der Waals surface area contributed by atoms with Gasteiger partial charge >= 0.3 is 5.97 Å². The first-order valence-electron chi connectivity index (χ1n) is 5.38. The molecule has 1 rings (SSSR count). The van der Waals surface area contributed by atoms with Crippen LogP contribution in [0.15, 0.2) is 12.1 Å². The molecule has 106 valence electrons. The Hall–Kier alpha value is -1.34. The summed E-state index contributed by atoms with van der Waals surface area (Å²) in [5.41, 5.74) is -0.800. The van der Waals surface area contributed by atoms with Gasteiger partial charge in [0.15, 0.2) is 5.82 Å². The number of hydrogen-bond acceptors (Lipinski definition) is 4. The van der Waals surface area contributed by atoms with Crippen LogP contribution in [0.5, 0.6) is 0 Å². The van der Waals surface area contributed by atoms with E-state index in [1.54, 1.807) is 6.92 Å². The summed E-state index contributed by atoms with van der Waals surface area (Å²) in [6.07, 6.45) is 0.376. The molecule has 1 aromatic carbocycles. The third-order valence-electron chi connectivity index (χ3n) is 2.18. The van der Waals surface area contributed by atoms with Gasteiger partial charge in [0.25, 0.3) is 0 Å². The van der Waals surface area contributed by atoms with Gasteiger partial charge in [-0.2, -0.15) is 0 Å². The number of ether oxygens (including phenoxy) is 1. The minimum atomic E-state index is -3.67. The van der Waals surface area contributed by atoms with Crippen LogP contribution in [0.25, 0.3) is 0 Å². The first kappa shape index (κ1) is 15.7. The summed E-state index contributed by atoms with van der Waals surface area (Å²) in [5.74, 6) is -2.11. The number of carbonyl (C=O) groups excluding carboxylic acids is 1. The molecule has 0 saturated carbocycles. The number of rotatable bonds is 5. The Labute approximate surface area is 115 Å². The fourth-order valence-electron chi connectivity index (χ4n) is 1.41. The summed E-state index contributed by atoms with van der Waals surface area (Å²) in [6.45, 7) is 1.67. The van der Waals surface area contributed by atoms with Crippen LogP contribution in [0.3, 0.4) is 0 Å². The Kier molecular flexibility index (Phi) is 5.13. The first-order chi connectivity index (χ1) is 8.80. The van der Waals surface area contributed by atoms with Crippen molar-refractivity contribution in [3.05, 3.63) is 28.5 Å². The van der Waals surface area contributed by atoms with E-state index in [0.717, 1.165) is 19.2 Å². The quantitative estimate of drug-likeness (QED) is 0.848. The summed E-state index contributed by atoms with van der Waals surface area (Å²) in [6, 6.07) is 2.16. The summed E-state index contributed by atoms with van der Waals surface area (Å²) < 4.78 is 43.6. The van der Waals surface area contributed by atoms with Gasteiger partial charge in [0.05, 0.1) is 24.1 Å². The second-order valence-corrected chi connectivity index (χ2v) is 6.01. The number of methoxy groups -OCH3 is 1. The lowest BCUT2D eigenvalue weighted by atomic mass is 10.2. The van der Waals surface area contributed by atoms with E-state index in [-0.39, 0.29) is 16.5 Å². The van der Waals surface area contributed by atoms with Crippen molar-refractivity contribution in [1.29, 1.82) is 0 Å². The number of halogens is 2. The molecule has 8 heteroatoms. The molecule has 0 bridgehead atoms. The van der Waals surface area contributed by atoms with Crippen molar-refractivity contribution in [2.45, 2.75) is 13.3 Å². The maximum absolute atomic E-state index is 14.0. The second kappa shape index (κ2) is 6.21. The first-order valence-corrected chi connectivity index (χ1v) is 7.41. The monoisotopic (exact) mass is 309 g/mol. The molecule has 0 aromatic heterocycles. The Bertz CT molecular complexity index is 589. The molecule has 1 N–H and O–H groups in total. The van der Waals surface area contributed by atoms with Crippen molar-refractivity contribution in [2.24, 2.45) is 0 Å². The molecule has 0 aliphatic carbocycles. The SMILES string of the molecule is CCCS(=O)(=O)Nc1cc(Cl)cc(C(=O)OC)c1F. The third kappa shape index (κ3) is 4.07. The number of nitrogens with one attached hydrogen (secondary N) is 1. The van der Waals surface area contributed by atoms with Gasteiger partial charge < -0.3 is 4.74 Å². The summed E-state index contributed by atoms with van der Waals surface area (Å²) in [5, 5.41) is 0.0241. The number of anilines is 1. The van der Waals surface area contributed by atoms with Crippen LogP contribution in [-0.4, -0.2) is 27.2 Å². The van der Waals surface area contributed by atoms with Gasteiger partial charge in [-0.1, -0.05) is 18.5 Å². The van der Waals surface area contributed by atoms with Crippen LogP contribution in [0.1, 0.15) is 23.7 Å². The molecule has 0 aliphatic rings. The van der Waals surface area contributed by atoms with E-state index in [2.05, 4.69) is 9.46 Å². The van der Waals surface area contributed by atoms with E-state index in [1.807, 2.05) is 0 Å². The minimum Gasteiger partial charge on any atom is -0.465 e. The smallest absolute Gasteiger partial charge is 0.340 e. The molecule has 0 saturated heterocycles. The highest BCUT2D eigenvalue weighted by molar-refractivity contribution is 7.92. The standard InChI is InChI=1S/C11H13ClFNO4S/c1-3-4-19(16,17)14-9-6-7(12)5-8(10(9)13)11(15)18-2/h5-6,14H,3-4H2,1-2H3. The van der Waals surface area contributed by atoms with Crippen LogP contribution >= 0.6 is 11.6 Å². The predicted octanol–water partition coefficient (Wildman–Crippen LogP) is 2.42. The lowest BCUT2D eigenvalue weighted by Crippen LogP contribution is -2.18. The number of esters is 1. The average Bonchev–Trinajstić information content (AvgIpc) is 2.31. The lowest BCUT2D eigenvalue weighted by molar-refractivity contribution is 0.0595. The van der Waals surface area contributed by atoms with E-state index in [4.69, 9.17) is 11.6 Å². The molecule has 0 atom stereocenters. The minimum absolute atomic E-state index is 0.0241. The van der Waals surface area contributed by atoms with Crippen LogP contribution in [-0.2, 0) is 14.8 Å². The summed E-state index contributed by atoms with van der Waals surface area (Å²) in [4.78, 5) is 11.3. The Morgan fingerprint density at radius 3 is 2.63 bits per heavy atom. The molecule has 1 aromatic rings. The number of benzene rings is 1. The Balaban J connectivity index is 3.23. The van der Waals surface area contributed by atoms with Gasteiger partial charge in [0.1, 0.15) is 0 Å². The number of hydrogen-bond donors (Lipinski definition) is 1. The van der Waals surface area contributed by atoms with E-state index < -0.39 is 27.4 Å². The third-order valence-corrected chi connectivity index (χ3v) is 3.88. The highest BCUT2D eigenvalue weighted by Crippen LogP contribution is 2.25. The summed E-state index contributed by atoms with van der Waals surface area (Å²) >= 11 is 5.72. The van der Waals surface area contributed by atoms with E-state index >= 15 is 0 Å². The molecule has 5 nitrogen and oxygen atoms in total. The van der Waals surface area contributed by atoms with Gasteiger partial charge in [0.2, 0.25) is 10.0 Å². The van der Waals surface area contributed by atoms with Gasteiger partial charge in [-0.15, -0.1) is 0 Å². The fraction of sp³-hybridized carbons (Fsp3) is 0.364. The largest absolute Gasteiger partial charge is 0.465 e. The number of sulfonamides is 1. The molecule has 0 radical (unpaired) electrons. The predicted molar refractivity (Wildman–Crippen MR) is 70.5 cm³/mol. The second-order valence-electron chi connectivity index (χ2n) is 3.73. The molecule has 0 heterocycles. The Morgan fingerprint density at radius 1 is 1.47 bits per heavy atom. The average molecular weight is 310 g/mol. The van der Waals surface area contributed by atoms with Crippen LogP contribution in [0.4, 0.5) is 10.1 Å². The van der Waals surface area contributed by atoms with Crippen molar-refractivity contribution >= 4 is 33.3 Å². The van der Waals surface area contributed by atoms with Crippen molar-refractivity contribution in [3.8, 4) is 0 Å². The maximum Gasteiger partial charge on any atom is 0.340 e. The molecule has 0 fully saturated rings. The molecule has 0 aliphatic heterocycles. The van der Waals surface area contributed by atoms with Crippen molar-refractivity contribution in [3.63, 3.8) is 0 Å². The van der Waals surface area contributed by atoms with Gasteiger partial charge in [-0.25, -0.2) is 17.6 Å². The van der Waals surface area contributed by atoms with Gasteiger partial charge in [-0.05, 0) is 18.6 Å². The topological polar surface area (TPSA) is 72.5 Å². The van der Waals surface area contributed by atoms with Crippen molar-refractivity contribution in [2.75, 3.05) is 17.6 Å². The number of carbonyl (C=O) groups is 1. The van der Waals surface area contributed by atoms with Crippen molar-refractivity contribution < 1.29 is 22.3 Å². The normalized spacial score (nSPS) is 11.2. The van der Waals surface area contributed by atoms with E-state index in [1.165, 1.54) is 0 Å². The maximum atomic E-state index is 14.0. The molecule has 0 unspecified atom stereocenters. The zero-order chi connectivity index (χ0) is 14.6. The lowest BCUT2D eigenvalue weighted by Gasteiger charge is -2.11. The van der Waals surface area contributed by atoms with Crippen molar-refractivity contribution in [1.82, 2.24) is 0 Å². The van der Waals surface area contributed by atoms with Gasteiger partial charge in [-0.3, -0.25) is 4.72 Å². The zero-order valence-electron chi connectivity index (χ0n) is 10.4. The zero-order valence-corrected chi connectivity index (χ0v) is 11.9. The van der Waals surface area contributed by atoms with E-state index in [0.29, 0.717) is 6.42 Å². The Morgan fingerprint density at radius 2 is 2.11 bits per heavy atom. The highest BCUT2D eigenvalue weighted by Gasteiger charge is 2.20. The molecule has 0 spiro atoms. The van der Waals surface area contributed by atoms with Crippen LogP contribution in [0, 0.1) is 5.82 Å². The van der Waals surface area contributed by atoms with Crippen LogP contribution < -0.4 is 4.72 Å². The molecule has 19 heavy (non-hydrogen) atoms.